The van der Waals surface area contributed by atoms with Crippen LogP contribution in [-0.4, -0.2) is 18.7 Å². The van der Waals surface area contributed by atoms with Crippen LogP contribution in [0.3, 0.4) is 0 Å². The number of nitrogens with one attached hydrogen (secondary N) is 2. The van der Waals surface area contributed by atoms with Gasteiger partial charge in [0.1, 0.15) is 6.04 Å². The standard InChI is InChI=1S/C14H20N2OS/c1-4-9(2)8-18-10-5-6-11-12(7-10)16-14(17)13(11)15-3/h5-7,9,13,15H,4,8H2,1-3H3,(H,16,17). The van der Waals surface area contributed by atoms with Gasteiger partial charge in [-0.25, -0.2) is 0 Å². The van der Waals surface area contributed by atoms with E-state index in [0.717, 1.165) is 22.9 Å². The zero-order chi connectivity index (χ0) is 13.1. The molecule has 0 spiro atoms. The molecule has 1 heterocycles. The van der Waals surface area contributed by atoms with Crippen LogP contribution in [0.4, 0.5) is 5.69 Å². The highest BCUT2D eigenvalue weighted by molar-refractivity contribution is 7.99. The third-order valence-electron chi connectivity index (χ3n) is 3.38. The van der Waals surface area contributed by atoms with E-state index in [1.807, 2.05) is 24.9 Å². The van der Waals surface area contributed by atoms with Gasteiger partial charge in [0.15, 0.2) is 0 Å². The van der Waals surface area contributed by atoms with Crippen molar-refractivity contribution in [3.05, 3.63) is 23.8 Å². The van der Waals surface area contributed by atoms with Crippen LogP contribution in [0.1, 0.15) is 31.9 Å². The molecule has 0 fully saturated rings. The number of carbonyl (C=O) groups excluding carboxylic acids is 1. The van der Waals surface area contributed by atoms with Crippen molar-refractivity contribution in [2.24, 2.45) is 5.92 Å². The highest BCUT2D eigenvalue weighted by atomic mass is 32.2. The van der Waals surface area contributed by atoms with Gasteiger partial charge in [0, 0.05) is 21.9 Å². The second-order valence-electron chi connectivity index (χ2n) is 4.78. The van der Waals surface area contributed by atoms with E-state index in [-0.39, 0.29) is 11.9 Å². The van der Waals surface area contributed by atoms with Crippen molar-refractivity contribution >= 4 is 23.4 Å². The average molecular weight is 264 g/mol. The van der Waals surface area contributed by atoms with Gasteiger partial charge in [-0.15, -0.1) is 11.8 Å². The molecule has 0 aromatic heterocycles. The number of amides is 1. The van der Waals surface area contributed by atoms with Crippen LogP contribution in [0, 0.1) is 5.92 Å². The molecule has 3 nitrogen and oxygen atoms in total. The number of anilines is 1. The molecule has 1 aromatic carbocycles. The number of carbonyl (C=O) groups is 1. The molecule has 1 aliphatic rings. The molecule has 2 rings (SSSR count). The van der Waals surface area contributed by atoms with Crippen LogP contribution in [0.15, 0.2) is 23.1 Å². The second kappa shape index (κ2) is 5.76. The lowest BCUT2D eigenvalue weighted by molar-refractivity contribution is -0.117. The maximum Gasteiger partial charge on any atom is 0.246 e. The molecule has 2 atom stereocenters. The van der Waals surface area contributed by atoms with Gasteiger partial charge in [0.05, 0.1) is 0 Å². The third kappa shape index (κ3) is 2.70. The van der Waals surface area contributed by atoms with Gasteiger partial charge in [-0.1, -0.05) is 26.3 Å². The first-order valence-corrected chi connectivity index (χ1v) is 7.39. The average Bonchev–Trinajstić information content (AvgIpc) is 2.70. The van der Waals surface area contributed by atoms with Crippen LogP contribution in [0.25, 0.3) is 0 Å². The smallest absolute Gasteiger partial charge is 0.246 e. The molecular weight excluding hydrogens is 244 g/mol. The van der Waals surface area contributed by atoms with E-state index in [0.29, 0.717) is 0 Å². The van der Waals surface area contributed by atoms with E-state index in [9.17, 15) is 4.79 Å². The first-order valence-electron chi connectivity index (χ1n) is 6.40. The highest BCUT2D eigenvalue weighted by Crippen LogP contribution is 2.34. The number of fused-ring (bicyclic) bond motifs is 1. The molecule has 98 valence electrons. The summed E-state index contributed by atoms with van der Waals surface area (Å²) in [6, 6.07) is 6.04. The Balaban J connectivity index is 2.10. The molecule has 4 heteroatoms. The molecule has 1 aromatic rings. The fraction of sp³-hybridized carbons (Fsp3) is 0.500. The molecule has 0 radical (unpaired) electrons. The molecular formula is C14H20N2OS. The number of hydrogen-bond acceptors (Lipinski definition) is 3. The number of thioether (sulfide) groups is 1. The van der Waals surface area contributed by atoms with Crippen molar-refractivity contribution in [1.29, 1.82) is 0 Å². The van der Waals surface area contributed by atoms with Crippen molar-refractivity contribution in [2.75, 3.05) is 18.1 Å². The van der Waals surface area contributed by atoms with E-state index in [1.165, 1.54) is 11.3 Å². The summed E-state index contributed by atoms with van der Waals surface area (Å²) in [5.74, 6) is 1.89. The summed E-state index contributed by atoms with van der Waals surface area (Å²) in [6.07, 6.45) is 1.20. The second-order valence-corrected chi connectivity index (χ2v) is 5.88. The number of hydrogen-bond donors (Lipinski definition) is 2. The molecule has 0 saturated heterocycles. The maximum absolute atomic E-state index is 11.7. The third-order valence-corrected chi connectivity index (χ3v) is 4.70. The summed E-state index contributed by atoms with van der Waals surface area (Å²) in [6.45, 7) is 4.48. The zero-order valence-corrected chi connectivity index (χ0v) is 11.9. The summed E-state index contributed by atoms with van der Waals surface area (Å²) in [4.78, 5) is 12.9. The van der Waals surface area contributed by atoms with Gasteiger partial charge in [-0.2, -0.15) is 0 Å². The van der Waals surface area contributed by atoms with E-state index >= 15 is 0 Å². The zero-order valence-electron chi connectivity index (χ0n) is 11.1. The Labute approximate surface area is 113 Å². The van der Waals surface area contributed by atoms with Crippen LogP contribution in [-0.2, 0) is 4.79 Å². The minimum absolute atomic E-state index is 0.0385. The van der Waals surface area contributed by atoms with Crippen molar-refractivity contribution < 1.29 is 4.79 Å². The minimum Gasteiger partial charge on any atom is -0.324 e. The molecule has 0 saturated carbocycles. The fourth-order valence-electron chi connectivity index (χ4n) is 1.97. The van der Waals surface area contributed by atoms with Crippen molar-refractivity contribution in [3.63, 3.8) is 0 Å². The maximum atomic E-state index is 11.7. The highest BCUT2D eigenvalue weighted by Gasteiger charge is 2.28. The first-order chi connectivity index (χ1) is 8.65. The molecule has 2 N–H and O–H groups in total. The molecule has 18 heavy (non-hydrogen) atoms. The normalized spacial score (nSPS) is 19.5. The monoisotopic (exact) mass is 264 g/mol. The van der Waals surface area contributed by atoms with Crippen LogP contribution in [0.2, 0.25) is 0 Å². The van der Waals surface area contributed by atoms with Gasteiger partial charge in [-0.05, 0) is 25.1 Å². The summed E-state index contributed by atoms with van der Waals surface area (Å²) >= 11 is 1.86. The van der Waals surface area contributed by atoms with Crippen LogP contribution >= 0.6 is 11.8 Å². The largest absolute Gasteiger partial charge is 0.324 e. The van der Waals surface area contributed by atoms with Crippen molar-refractivity contribution in [1.82, 2.24) is 5.32 Å². The van der Waals surface area contributed by atoms with Gasteiger partial charge in [0.25, 0.3) is 0 Å². The Bertz CT molecular complexity index is 447. The van der Waals surface area contributed by atoms with Gasteiger partial charge in [-0.3, -0.25) is 4.79 Å². The lowest BCUT2D eigenvalue weighted by Gasteiger charge is -2.09. The predicted octanol–water partition coefficient (Wildman–Crippen LogP) is 3.04. The Morgan fingerprint density at radius 2 is 2.28 bits per heavy atom. The molecule has 1 amide bonds. The van der Waals surface area contributed by atoms with Crippen LogP contribution < -0.4 is 10.6 Å². The fourth-order valence-corrected chi connectivity index (χ4v) is 3.05. The van der Waals surface area contributed by atoms with Crippen molar-refractivity contribution in [3.8, 4) is 0 Å². The van der Waals surface area contributed by atoms with E-state index < -0.39 is 0 Å². The van der Waals surface area contributed by atoms with E-state index in [4.69, 9.17) is 0 Å². The molecule has 1 aliphatic heterocycles. The summed E-state index contributed by atoms with van der Waals surface area (Å²) < 4.78 is 0. The Morgan fingerprint density at radius 1 is 1.50 bits per heavy atom. The lowest BCUT2D eigenvalue weighted by atomic mass is 10.1. The van der Waals surface area contributed by atoms with E-state index in [1.54, 1.807) is 0 Å². The predicted molar refractivity (Wildman–Crippen MR) is 77.1 cm³/mol. The topological polar surface area (TPSA) is 41.1 Å². The molecule has 0 bridgehead atoms. The Morgan fingerprint density at radius 3 is 2.94 bits per heavy atom. The van der Waals surface area contributed by atoms with Crippen molar-refractivity contribution in [2.45, 2.75) is 31.2 Å². The summed E-state index contributed by atoms with van der Waals surface area (Å²) in [5, 5.41) is 5.96. The Kier molecular flexibility index (Phi) is 4.30. The van der Waals surface area contributed by atoms with Gasteiger partial charge in [0.2, 0.25) is 5.91 Å². The van der Waals surface area contributed by atoms with Crippen LogP contribution in [0.5, 0.6) is 0 Å². The number of benzene rings is 1. The van der Waals surface area contributed by atoms with Gasteiger partial charge < -0.3 is 10.6 Å². The number of likely N-dealkylation sites (N-methyl/N-ethyl adjacent to an activating group) is 1. The minimum atomic E-state index is -0.200. The number of rotatable bonds is 5. The quantitative estimate of drug-likeness (QED) is 0.803. The molecule has 0 aliphatic carbocycles. The SMILES string of the molecule is CCC(C)CSc1ccc2c(c1)NC(=O)C2NC. The van der Waals surface area contributed by atoms with Gasteiger partial charge >= 0.3 is 0 Å². The van der Waals surface area contributed by atoms with E-state index in [2.05, 4.69) is 36.6 Å². The summed E-state index contributed by atoms with van der Waals surface area (Å²) in [7, 11) is 1.81. The molecule has 2 unspecified atom stereocenters. The lowest BCUT2D eigenvalue weighted by Crippen LogP contribution is -2.23. The summed E-state index contributed by atoms with van der Waals surface area (Å²) in [5.41, 5.74) is 2.00. The Hall–Kier alpha value is -1.00. The first kappa shape index (κ1) is 13.4.